The van der Waals surface area contributed by atoms with Crippen LogP contribution in [0.1, 0.15) is 22.9 Å². The van der Waals surface area contributed by atoms with Gasteiger partial charge in [0.25, 0.3) is 5.91 Å². The number of aryl methyl sites for hydroxylation is 1. The number of hydrogen-bond acceptors (Lipinski definition) is 3. The van der Waals surface area contributed by atoms with Gasteiger partial charge in [-0.2, -0.15) is 0 Å². The van der Waals surface area contributed by atoms with Crippen LogP contribution in [0.3, 0.4) is 0 Å². The van der Waals surface area contributed by atoms with Gasteiger partial charge in [-0.25, -0.2) is 13.6 Å². The number of nitrogens with one attached hydrogen (secondary N) is 1. The Morgan fingerprint density at radius 1 is 1.21 bits per heavy atom. The van der Waals surface area contributed by atoms with Crippen LogP contribution in [0, 0.1) is 6.92 Å². The van der Waals surface area contributed by atoms with E-state index in [2.05, 4.69) is 5.32 Å². The first-order valence-corrected chi connectivity index (χ1v) is 8.86. The summed E-state index contributed by atoms with van der Waals surface area (Å²) in [5, 5.41) is 8.48. The third kappa shape index (κ3) is 5.88. The average Bonchev–Trinajstić information content (AvgIpc) is 2.49. The Morgan fingerprint density at radius 3 is 2.38 bits per heavy atom. The van der Waals surface area contributed by atoms with E-state index in [1.54, 1.807) is 30.3 Å². The van der Waals surface area contributed by atoms with Crippen LogP contribution in [-0.2, 0) is 16.4 Å². The van der Waals surface area contributed by atoms with E-state index in [4.69, 9.17) is 16.7 Å². The van der Waals surface area contributed by atoms with E-state index in [9.17, 15) is 13.2 Å². The summed E-state index contributed by atoms with van der Waals surface area (Å²) in [7, 11) is -3.68. The predicted molar refractivity (Wildman–Crippen MR) is 91.2 cm³/mol. The molecule has 5 nitrogen and oxygen atoms in total. The van der Waals surface area contributed by atoms with Gasteiger partial charge in [0.1, 0.15) is 0 Å². The zero-order valence-electron chi connectivity index (χ0n) is 14.5. The first kappa shape index (κ1) is 21.2. The molecule has 0 radical (unpaired) electrons. The Labute approximate surface area is 170 Å². The fraction of sp³-hybridized carbons (Fsp3) is 0.188. The van der Waals surface area contributed by atoms with Crippen molar-refractivity contribution in [2.45, 2.75) is 18.2 Å². The molecule has 3 N–H and O–H groups in total. The van der Waals surface area contributed by atoms with Crippen molar-refractivity contribution in [2.24, 2.45) is 5.14 Å². The molecule has 0 aromatic heterocycles. The summed E-state index contributed by atoms with van der Waals surface area (Å²) < 4.78 is 22.3. The smallest absolute Gasteiger partial charge is 1.00 e. The molecule has 0 unspecified atom stereocenters. The van der Waals surface area contributed by atoms with E-state index in [1.165, 1.54) is 12.1 Å². The number of halogens is 1. The molecule has 2 aromatic carbocycles. The normalized spacial score (nSPS) is 10.8. The molecule has 0 aliphatic rings. The number of rotatable bonds is 5. The van der Waals surface area contributed by atoms with E-state index < -0.39 is 10.0 Å². The second-order valence-corrected chi connectivity index (χ2v) is 7.13. The van der Waals surface area contributed by atoms with Crippen LogP contribution in [0.5, 0.6) is 0 Å². The van der Waals surface area contributed by atoms with Crippen LogP contribution in [0.25, 0.3) is 0 Å². The molecule has 2 rings (SSSR count). The van der Waals surface area contributed by atoms with Gasteiger partial charge in [-0.1, -0.05) is 23.7 Å². The molecule has 8 heteroatoms. The standard InChI is InChI=1S/C16H17ClN2O3S.Na.H/c1-11-10-13(4-7-15(11)17)16(20)19-9-8-12-2-5-14(6-3-12)23(18,21)22;;/h2-7,10H,8-9H2,1H3,(H,19,20)(H2,18,21,22);;/q;+1;-1. The SMILES string of the molecule is Cc1cc(C(=O)NCCc2ccc(S(N)(=O)=O)cc2)ccc1Cl.[H-].[Na+]. The van der Waals surface area contributed by atoms with Crippen molar-refractivity contribution in [3.8, 4) is 0 Å². The number of primary sulfonamides is 1. The predicted octanol–water partition coefficient (Wildman–Crippen LogP) is -0.615. The average molecular weight is 377 g/mol. The van der Waals surface area contributed by atoms with Crippen molar-refractivity contribution in [1.82, 2.24) is 5.32 Å². The van der Waals surface area contributed by atoms with Crippen LogP contribution in [-0.4, -0.2) is 20.9 Å². The Balaban J connectivity index is 0.00000288. The monoisotopic (exact) mass is 376 g/mol. The number of carbonyl (C=O) groups excluding carboxylic acids is 1. The first-order chi connectivity index (χ1) is 10.8. The van der Waals surface area contributed by atoms with Gasteiger partial charge in [-0.15, -0.1) is 0 Å². The number of hydrogen-bond donors (Lipinski definition) is 2. The first-order valence-electron chi connectivity index (χ1n) is 6.93. The van der Waals surface area contributed by atoms with Gasteiger partial charge in [-0.3, -0.25) is 4.79 Å². The fourth-order valence-corrected chi connectivity index (χ4v) is 2.69. The number of amides is 1. The number of nitrogens with two attached hydrogens (primary N) is 1. The summed E-state index contributed by atoms with van der Waals surface area (Å²) in [6, 6.07) is 11.4. The molecule has 124 valence electrons. The maximum Gasteiger partial charge on any atom is 1.00 e. The molecule has 0 saturated heterocycles. The van der Waals surface area contributed by atoms with Crippen molar-refractivity contribution < 1.29 is 44.2 Å². The Kier molecular flexibility index (Phi) is 7.92. The summed E-state index contributed by atoms with van der Waals surface area (Å²) in [4.78, 5) is 12.1. The molecule has 0 bridgehead atoms. The zero-order valence-corrected chi connectivity index (χ0v) is 17.1. The van der Waals surface area contributed by atoms with Gasteiger partial charge in [0.05, 0.1) is 4.90 Å². The third-order valence-electron chi connectivity index (χ3n) is 3.37. The van der Waals surface area contributed by atoms with Gasteiger partial charge < -0.3 is 6.74 Å². The maximum atomic E-state index is 12.0. The van der Waals surface area contributed by atoms with Gasteiger partial charge >= 0.3 is 29.6 Å². The minimum atomic E-state index is -3.68. The van der Waals surface area contributed by atoms with E-state index in [-0.39, 0.29) is 41.8 Å². The largest absolute Gasteiger partial charge is 1.00 e. The third-order valence-corrected chi connectivity index (χ3v) is 4.72. The Bertz CT molecular complexity index is 830. The Hall–Kier alpha value is -0.890. The van der Waals surface area contributed by atoms with Crippen molar-refractivity contribution >= 4 is 27.5 Å². The summed E-state index contributed by atoms with van der Waals surface area (Å²) >= 11 is 5.93. The van der Waals surface area contributed by atoms with Crippen molar-refractivity contribution in [3.05, 3.63) is 64.2 Å². The molecule has 24 heavy (non-hydrogen) atoms. The van der Waals surface area contributed by atoms with Crippen molar-refractivity contribution in [3.63, 3.8) is 0 Å². The number of sulfonamides is 1. The van der Waals surface area contributed by atoms with Gasteiger partial charge in [0.15, 0.2) is 0 Å². The van der Waals surface area contributed by atoms with Gasteiger partial charge in [0, 0.05) is 17.1 Å². The van der Waals surface area contributed by atoms with Gasteiger partial charge in [0.2, 0.25) is 10.0 Å². The minimum absolute atomic E-state index is 0. The fourth-order valence-electron chi connectivity index (χ4n) is 2.05. The van der Waals surface area contributed by atoms with Crippen LogP contribution < -0.4 is 40.0 Å². The molecule has 0 aliphatic carbocycles. The minimum Gasteiger partial charge on any atom is -1.00 e. The molecular formula is C16H18ClN2NaO3S. The summed E-state index contributed by atoms with van der Waals surface area (Å²) in [5.41, 5.74) is 2.30. The molecular weight excluding hydrogens is 359 g/mol. The molecule has 1 amide bonds. The second kappa shape index (κ2) is 8.99. The zero-order chi connectivity index (χ0) is 17.0. The maximum absolute atomic E-state index is 12.0. The summed E-state index contributed by atoms with van der Waals surface area (Å²) in [6.07, 6.45) is 0.587. The van der Waals surface area contributed by atoms with E-state index in [1.807, 2.05) is 6.92 Å². The topological polar surface area (TPSA) is 89.3 Å². The molecule has 0 fully saturated rings. The number of carbonyl (C=O) groups is 1. The molecule has 0 heterocycles. The van der Waals surface area contributed by atoms with E-state index in [0.717, 1.165) is 11.1 Å². The van der Waals surface area contributed by atoms with Crippen molar-refractivity contribution in [2.75, 3.05) is 6.54 Å². The van der Waals surface area contributed by atoms with Crippen LogP contribution >= 0.6 is 11.6 Å². The molecule has 0 atom stereocenters. The molecule has 2 aromatic rings. The quantitative estimate of drug-likeness (QED) is 0.682. The van der Waals surface area contributed by atoms with Crippen molar-refractivity contribution in [1.29, 1.82) is 0 Å². The summed E-state index contributed by atoms with van der Waals surface area (Å²) in [5.74, 6) is -0.175. The molecule has 0 aliphatic heterocycles. The summed E-state index contributed by atoms with van der Waals surface area (Å²) in [6.45, 7) is 2.28. The number of benzene rings is 2. The molecule has 0 spiro atoms. The van der Waals surface area contributed by atoms with Crippen LogP contribution in [0.15, 0.2) is 47.4 Å². The van der Waals surface area contributed by atoms with Gasteiger partial charge in [-0.05, 0) is 54.8 Å². The van der Waals surface area contributed by atoms with E-state index in [0.29, 0.717) is 23.6 Å². The molecule has 0 saturated carbocycles. The van der Waals surface area contributed by atoms with E-state index >= 15 is 0 Å². The van der Waals surface area contributed by atoms with Crippen LogP contribution in [0.4, 0.5) is 0 Å². The second-order valence-electron chi connectivity index (χ2n) is 5.16. The Morgan fingerprint density at radius 2 is 1.83 bits per heavy atom. The van der Waals surface area contributed by atoms with Crippen LogP contribution in [0.2, 0.25) is 5.02 Å².